The first-order valence-corrected chi connectivity index (χ1v) is 5.33. The number of pyridine rings is 1. The van der Waals surface area contributed by atoms with Crippen LogP contribution < -0.4 is 5.73 Å². The van der Waals surface area contributed by atoms with Gasteiger partial charge in [-0.05, 0) is 31.7 Å². The first kappa shape index (κ1) is 8.85. The molecular formula is C11H14N4. The topological polar surface area (TPSA) is 67.6 Å². The number of nitrogens with two attached hydrogens (primary N) is 1. The third-order valence-electron chi connectivity index (χ3n) is 3.20. The van der Waals surface area contributed by atoms with Gasteiger partial charge in [0.05, 0.1) is 6.20 Å². The molecule has 0 radical (unpaired) electrons. The molecular weight excluding hydrogens is 188 g/mol. The van der Waals surface area contributed by atoms with Gasteiger partial charge >= 0.3 is 0 Å². The third kappa shape index (κ3) is 1.61. The highest BCUT2D eigenvalue weighted by Crippen LogP contribution is 2.36. The Morgan fingerprint density at radius 3 is 3.13 bits per heavy atom. The van der Waals surface area contributed by atoms with Crippen molar-refractivity contribution in [3.05, 3.63) is 24.2 Å². The summed E-state index contributed by atoms with van der Waals surface area (Å²) in [5, 5.41) is 8.46. The smallest absolute Gasteiger partial charge is 0.111 e. The van der Waals surface area contributed by atoms with Gasteiger partial charge in [-0.15, -0.1) is 0 Å². The number of hydrogen-bond acceptors (Lipinski definition) is 3. The van der Waals surface area contributed by atoms with Gasteiger partial charge in [-0.1, -0.05) is 0 Å². The number of aromatic amines is 1. The molecule has 0 spiro atoms. The normalized spacial score (nSPS) is 18.2. The second-order valence-electron chi connectivity index (χ2n) is 4.46. The maximum Gasteiger partial charge on any atom is 0.111 e. The zero-order chi connectivity index (χ0) is 10.3. The molecule has 0 bridgehead atoms. The summed E-state index contributed by atoms with van der Waals surface area (Å²) >= 11 is 0. The number of H-pyrrole nitrogens is 1. The molecule has 2 aromatic rings. The molecule has 3 N–H and O–H groups in total. The van der Waals surface area contributed by atoms with E-state index in [1.807, 2.05) is 6.07 Å². The summed E-state index contributed by atoms with van der Waals surface area (Å²) < 4.78 is 0. The van der Waals surface area contributed by atoms with Crippen molar-refractivity contribution in [2.75, 3.05) is 0 Å². The van der Waals surface area contributed by atoms with Crippen LogP contribution >= 0.6 is 0 Å². The molecule has 3 rings (SSSR count). The van der Waals surface area contributed by atoms with Gasteiger partial charge in [0.2, 0.25) is 0 Å². The Kier molecular flexibility index (Phi) is 1.79. The maximum absolute atomic E-state index is 6.06. The van der Waals surface area contributed by atoms with Gasteiger partial charge in [-0.2, -0.15) is 5.10 Å². The molecule has 4 nitrogen and oxygen atoms in total. The molecule has 0 atom stereocenters. The summed E-state index contributed by atoms with van der Waals surface area (Å²) in [6, 6.07) is 2.00. The van der Waals surface area contributed by atoms with Crippen molar-refractivity contribution < 1.29 is 0 Å². The summed E-state index contributed by atoms with van der Waals surface area (Å²) in [5.74, 6) is 0. The lowest BCUT2D eigenvalue weighted by Gasteiger charge is -2.06. The van der Waals surface area contributed by atoms with E-state index in [0.717, 1.165) is 18.4 Å². The molecule has 1 saturated carbocycles. The van der Waals surface area contributed by atoms with Crippen LogP contribution in [0.15, 0.2) is 18.5 Å². The van der Waals surface area contributed by atoms with Crippen molar-refractivity contribution in [2.24, 2.45) is 5.73 Å². The first-order chi connectivity index (χ1) is 7.27. The summed E-state index contributed by atoms with van der Waals surface area (Å²) in [4.78, 5) is 4.04. The average Bonchev–Trinajstić information content (AvgIpc) is 2.86. The molecule has 78 valence electrons. The van der Waals surface area contributed by atoms with Crippen LogP contribution in [-0.2, 0) is 6.42 Å². The number of aryl methyl sites for hydroxylation is 1. The number of nitrogens with one attached hydrogen (secondary N) is 1. The van der Waals surface area contributed by atoms with E-state index in [1.165, 1.54) is 23.9 Å². The highest BCUT2D eigenvalue weighted by molar-refractivity contribution is 5.80. The van der Waals surface area contributed by atoms with Crippen molar-refractivity contribution in [3.8, 4) is 0 Å². The molecule has 0 aliphatic heterocycles. The fraction of sp³-hybridized carbons (Fsp3) is 0.455. The van der Waals surface area contributed by atoms with Crippen LogP contribution in [0.3, 0.4) is 0 Å². The van der Waals surface area contributed by atoms with Crippen LogP contribution in [0.25, 0.3) is 10.9 Å². The Hall–Kier alpha value is -1.42. The van der Waals surface area contributed by atoms with Crippen LogP contribution in [0.2, 0.25) is 0 Å². The first-order valence-electron chi connectivity index (χ1n) is 5.33. The molecule has 1 aliphatic carbocycles. The molecule has 2 heterocycles. The van der Waals surface area contributed by atoms with Crippen molar-refractivity contribution in [3.63, 3.8) is 0 Å². The summed E-state index contributed by atoms with van der Waals surface area (Å²) in [5.41, 5.74) is 8.30. The second-order valence-corrected chi connectivity index (χ2v) is 4.46. The van der Waals surface area contributed by atoms with Gasteiger partial charge in [0.15, 0.2) is 0 Å². The van der Waals surface area contributed by atoms with Crippen molar-refractivity contribution >= 4 is 10.9 Å². The molecule has 0 unspecified atom stereocenters. The molecule has 0 aromatic carbocycles. The minimum Gasteiger partial charge on any atom is -0.325 e. The largest absolute Gasteiger partial charge is 0.325 e. The van der Waals surface area contributed by atoms with E-state index in [-0.39, 0.29) is 5.54 Å². The van der Waals surface area contributed by atoms with Gasteiger partial charge in [-0.25, -0.2) is 0 Å². The molecule has 0 amide bonds. The summed E-state index contributed by atoms with van der Waals surface area (Å²) in [6.45, 7) is 0. The van der Waals surface area contributed by atoms with E-state index >= 15 is 0 Å². The highest BCUT2D eigenvalue weighted by Gasteiger charge is 2.37. The average molecular weight is 202 g/mol. The lowest BCUT2D eigenvalue weighted by molar-refractivity contribution is 0.604. The van der Waals surface area contributed by atoms with Crippen molar-refractivity contribution in [2.45, 2.75) is 31.2 Å². The van der Waals surface area contributed by atoms with Gasteiger partial charge in [0.1, 0.15) is 5.52 Å². The Bertz CT molecular complexity index is 484. The molecule has 15 heavy (non-hydrogen) atoms. The minimum atomic E-state index is 0.116. The Labute approximate surface area is 87.9 Å². The van der Waals surface area contributed by atoms with Crippen LogP contribution in [0, 0.1) is 0 Å². The zero-order valence-corrected chi connectivity index (χ0v) is 8.53. The lowest BCUT2D eigenvalue weighted by Crippen LogP contribution is -2.22. The third-order valence-corrected chi connectivity index (χ3v) is 3.20. The van der Waals surface area contributed by atoms with E-state index in [9.17, 15) is 0 Å². The molecule has 1 aliphatic rings. The standard InChI is InChI=1S/C11H14N4/c12-11(4-5-11)3-1-9-8-2-6-13-7-10(8)15-14-9/h2,6-7H,1,3-5,12H2,(H,14,15). The Morgan fingerprint density at radius 1 is 1.47 bits per heavy atom. The van der Waals surface area contributed by atoms with E-state index in [4.69, 9.17) is 5.73 Å². The maximum atomic E-state index is 6.06. The monoisotopic (exact) mass is 202 g/mol. The van der Waals surface area contributed by atoms with Crippen LogP contribution in [0.4, 0.5) is 0 Å². The zero-order valence-electron chi connectivity index (χ0n) is 8.53. The summed E-state index contributed by atoms with van der Waals surface area (Å²) in [7, 11) is 0. The molecule has 1 fully saturated rings. The van der Waals surface area contributed by atoms with E-state index in [2.05, 4.69) is 15.2 Å². The van der Waals surface area contributed by atoms with Gasteiger partial charge in [-0.3, -0.25) is 10.1 Å². The van der Waals surface area contributed by atoms with E-state index < -0.39 is 0 Å². The van der Waals surface area contributed by atoms with E-state index in [0.29, 0.717) is 0 Å². The molecule has 2 aromatic heterocycles. The number of rotatable bonds is 3. The minimum absolute atomic E-state index is 0.116. The number of nitrogens with zero attached hydrogens (tertiary/aromatic N) is 2. The SMILES string of the molecule is NC1(CCc2[nH]nc3cnccc23)CC1. The second kappa shape index (κ2) is 3.03. The predicted octanol–water partition coefficient (Wildman–Crippen LogP) is 1.38. The fourth-order valence-electron chi connectivity index (χ4n) is 1.89. The Morgan fingerprint density at radius 2 is 2.33 bits per heavy atom. The summed E-state index contributed by atoms with van der Waals surface area (Å²) in [6.07, 6.45) is 7.95. The quantitative estimate of drug-likeness (QED) is 0.790. The van der Waals surface area contributed by atoms with Crippen LogP contribution in [0.1, 0.15) is 25.0 Å². The highest BCUT2D eigenvalue weighted by atomic mass is 15.1. The predicted molar refractivity (Wildman–Crippen MR) is 58.4 cm³/mol. The number of hydrogen-bond donors (Lipinski definition) is 2. The van der Waals surface area contributed by atoms with E-state index in [1.54, 1.807) is 12.4 Å². The number of fused-ring (bicyclic) bond motifs is 1. The van der Waals surface area contributed by atoms with Crippen molar-refractivity contribution in [1.82, 2.24) is 15.2 Å². The van der Waals surface area contributed by atoms with Crippen LogP contribution in [-0.4, -0.2) is 20.7 Å². The molecule has 0 saturated heterocycles. The van der Waals surface area contributed by atoms with Gasteiger partial charge < -0.3 is 5.73 Å². The number of aromatic nitrogens is 3. The van der Waals surface area contributed by atoms with Crippen LogP contribution in [0.5, 0.6) is 0 Å². The lowest BCUT2D eigenvalue weighted by atomic mass is 10.1. The van der Waals surface area contributed by atoms with Gasteiger partial charge in [0, 0.05) is 22.8 Å². The van der Waals surface area contributed by atoms with Gasteiger partial charge in [0.25, 0.3) is 0 Å². The van der Waals surface area contributed by atoms with Crippen molar-refractivity contribution in [1.29, 1.82) is 0 Å². The fourth-order valence-corrected chi connectivity index (χ4v) is 1.89. The molecule has 4 heteroatoms. The Balaban J connectivity index is 1.84.